The third-order valence-electron chi connectivity index (χ3n) is 1.75. The van der Waals surface area contributed by atoms with Crippen molar-refractivity contribution in [2.75, 3.05) is 0 Å². The maximum Gasteiger partial charge on any atom is 0.216 e. The van der Waals surface area contributed by atoms with Gasteiger partial charge in [0.15, 0.2) is 0 Å². The summed E-state index contributed by atoms with van der Waals surface area (Å²) >= 11 is 3.24. The van der Waals surface area contributed by atoms with E-state index in [0.717, 1.165) is 10.9 Å². The van der Waals surface area contributed by atoms with Gasteiger partial charge >= 0.3 is 0 Å². The van der Waals surface area contributed by atoms with E-state index in [2.05, 4.69) is 20.9 Å². The number of hydrogen-bond donors (Lipinski definition) is 1. The second-order valence-electron chi connectivity index (χ2n) is 3.12. The quantitative estimate of drug-likeness (QED) is 0.832. The smallest absolute Gasteiger partial charge is 0.216 e. The van der Waals surface area contributed by atoms with Crippen molar-refractivity contribution in [2.24, 2.45) is 5.73 Å². The van der Waals surface area contributed by atoms with Gasteiger partial charge in [0.1, 0.15) is 0 Å². The van der Waals surface area contributed by atoms with Gasteiger partial charge in [0.2, 0.25) is 5.95 Å². The monoisotopic (exact) mass is 246 g/mol. The molecular weight excluding hydrogens is 235 g/mol. The average Bonchev–Trinajstić information content (AvgIpc) is 2.06. The van der Waals surface area contributed by atoms with Crippen LogP contribution in [0.5, 0.6) is 0 Å². The summed E-state index contributed by atoms with van der Waals surface area (Å²) in [6, 6.07) is 1.84. The molecule has 0 fully saturated rings. The molecule has 0 aliphatic heterocycles. The normalized spacial score (nSPS) is 12.9. The average molecular weight is 247 g/mol. The standard InChI is InChI=1S/C9H12BrFN2/c1-6(12)2-3-7-4-8(10)5-13-9(7)11/h4-6H,2-3,12H2,1H3. The molecule has 0 aromatic carbocycles. The summed E-state index contributed by atoms with van der Waals surface area (Å²) in [4.78, 5) is 3.60. The topological polar surface area (TPSA) is 38.9 Å². The Kier molecular flexibility index (Phi) is 3.81. The van der Waals surface area contributed by atoms with Crippen molar-refractivity contribution in [3.63, 3.8) is 0 Å². The number of nitrogens with zero attached hydrogens (tertiary/aromatic N) is 1. The van der Waals surface area contributed by atoms with Crippen LogP contribution in [0.3, 0.4) is 0 Å². The Morgan fingerprint density at radius 2 is 2.38 bits per heavy atom. The number of halogens is 2. The van der Waals surface area contributed by atoms with Crippen LogP contribution >= 0.6 is 15.9 Å². The van der Waals surface area contributed by atoms with Crippen molar-refractivity contribution in [1.82, 2.24) is 4.98 Å². The van der Waals surface area contributed by atoms with Gasteiger partial charge in [-0.05, 0) is 41.8 Å². The molecule has 0 aliphatic rings. The highest BCUT2D eigenvalue weighted by molar-refractivity contribution is 9.10. The fourth-order valence-electron chi connectivity index (χ4n) is 1.02. The Morgan fingerprint density at radius 3 is 3.00 bits per heavy atom. The van der Waals surface area contributed by atoms with Gasteiger partial charge in [0.25, 0.3) is 0 Å². The van der Waals surface area contributed by atoms with E-state index < -0.39 is 5.95 Å². The third kappa shape index (κ3) is 3.40. The zero-order valence-electron chi connectivity index (χ0n) is 7.43. The van der Waals surface area contributed by atoms with Crippen LogP contribution in [0.2, 0.25) is 0 Å². The molecule has 0 radical (unpaired) electrons. The molecule has 1 unspecified atom stereocenters. The number of pyridine rings is 1. The number of hydrogen-bond acceptors (Lipinski definition) is 2. The molecule has 1 rings (SSSR count). The van der Waals surface area contributed by atoms with Crippen LogP contribution in [-0.4, -0.2) is 11.0 Å². The molecule has 0 saturated heterocycles. The van der Waals surface area contributed by atoms with Gasteiger partial charge in [-0.25, -0.2) is 4.98 Å². The van der Waals surface area contributed by atoms with Gasteiger partial charge in [-0.1, -0.05) is 0 Å². The van der Waals surface area contributed by atoms with E-state index in [1.54, 1.807) is 6.07 Å². The fourth-order valence-corrected chi connectivity index (χ4v) is 1.40. The Hall–Kier alpha value is -0.480. The first kappa shape index (κ1) is 10.6. The van der Waals surface area contributed by atoms with E-state index in [4.69, 9.17) is 5.73 Å². The van der Waals surface area contributed by atoms with Crippen LogP contribution in [0.25, 0.3) is 0 Å². The Bertz CT molecular complexity index is 289. The molecule has 4 heteroatoms. The largest absolute Gasteiger partial charge is 0.328 e. The maximum atomic E-state index is 13.0. The highest BCUT2D eigenvalue weighted by Gasteiger charge is 2.05. The summed E-state index contributed by atoms with van der Waals surface area (Å²) in [6.07, 6.45) is 2.86. The molecule has 0 bridgehead atoms. The van der Waals surface area contributed by atoms with Gasteiger partial charge in [-0.15, -0.1) is 0 Å². The zero-order valence-corrected chi connectivity index (χ0v) is 9.01. The molecule has 2 N–H and O–H groups in total. The molecule has 1 aromatic rings. The van der Waals surface area contributed by atoms with Crippen molar-refractivity contribution in [2.45, 2.75) is 25.8 Å². The van der Waals surface area contributed by atoms with E-state index in [1.807, 2.05) is 6.92 Å². The van der Waals surface area contributed by atoms with Crippen molar-refractivity contribution in [3.05, 3.63) is 28.2 Å². The molecule has 0 spiro atoms. The van der Waals surface area contributed by atoms with Crippen LogP contribution in [0.4, 0.5) is 4.39 Å². The summed E-state index contributed by atoms with van der Waals surface area (Å²) in [7, 11) is 0. The molecule has 72 valence electrons. The van der Waals surface area contributed by atoms with Gasteiger partial charge in [0.05, 0.1) is 0 Å². The number of nitrogens with two attached hydrogens (primary N) is 1. The molecule has 1 atom stereocenters. The molecular formula is C9H12BrFN2. The Balaban J connectivity index is 2.70. The lowest BCUT2D eigenvalue weighted by molar-refractivity contribution is 0.554. The first-order valence-electron chi connectivity index (χ1n) is 4.15. The van der Waals surface area contributed by atoms with E-state index in [1.165, 1.54) is 6.20 Å². The lowest BCUT2D eigenvalue weighted by Gasteiger charge is -2.05. The molecule has 1 aromatic heterocycles. The van der Waals surface area contributed by atoms with Crippen LogP contribution in [0.1, 0.15) is 18.9 Å². The third-order valence-corrected chi connectivity index (χ3v) is 2.18. The minimum Gasteiger partial charge on any atom is -0.328 e. The fraction of sp³-hybridized carbons (Fsp3) is 0.444. The SMILES string of the molecule is CC(N)CCc1cc(Br)cnc1F. The summed E-state index contributed by atoms with van der Waals surface area (Å²) in [6.45, 7) is 1.91. The molecule has 0 aliphatic carbocycles. The Morgan fingerprint density at radius 1 is 1.69 bits per heavy atom. The lowest BCUT2D eigenvalue weighted by Crippen LogP contribution is -2.15. The number of aryl methyl sites for hydroxylation is 1. The predicted molar refractivity (Wildman–Crippen MR) is 53.9 cm³/mol. The van der Waals surface area contributed by atoms with Crippen molar-refractivity contribution >= 4 is 15.9 Å². The first-order valence-corrected chi connectivity index (χ1v) is 4.94. The second-order valence-corrected chi connectivity index (χ2v) is 4.04. The predicted octanol–water partition coefficient (Wildman–Crippen LogP) is 2.26. The van der Waals surface area contributed by atoms with Crippen LogP contribution < -0.4 is 5.73 Å². The minimum atomic E-state index is -0.399. The summed E-state index contributed by atoms with van der Waals surface area (Å²) in [5.74, 6) is -0.399. The number of rotatable bonds is 3. The highest BCUT2D eigenvalue weighted by Crippen LogP contribution is 2.14. The van der Waals surface area contributed by atoms with E-state index in [-0.39, 0.29) is 6.04 Å². The van der Waals surface area contributed by atoms with Gasteiger partial charge in [0, 0.05) is 22.3 Å². The zero-order chi connectivity index (χ0) is 9.84. The van der Waals surface area contributed by atoms with Crippen LogP contribution in [0.15, 0.2) is 16.7 Å². The second kappa shape index (κ2) is 4.67. The van der Waals surface area contributed by atoms with Crippen LogP contribution in [0, 0.1) is 5.95 Å². The summed E-state index contributed by atoms with van der Waals surface area (Å²) in [5.41, 5.74) is 6.19. The minimum absolute atomic E-state index is 0.0957. The van der Waals surface area contributed by atoms with Crippen molar-refractivity contribution < 1.29 is 4.39 Å². The lowest BCUT2D eigenvalue weighted by atomic mass is 10.1. The van der Waals surface area contributed by atoms with Gasteiger partial charge < -0.3 is 5.73 Å². The summed E-state index contributed by atoms with van der Waals surface area (Å²) in [5, 5.41) is 0. The maximum absolute atomic E-state index is 13.0. The molecule has 2 nitrogen and oxygen atoms in total. The molecule has 0 amide bonds. The van der Waals surface area contributed by atoms with E-state index in [9.17, 15) is 4.39 Å². The number of aromatic nitrogens is 1. The van der Waals surface area contributed by atoms with Gasteiger partial charge in [-0.3, -0.25) is 0 Å². The van der Waals surface area contributed by atoms with Crippen molar-refractivity contribution in [1.29, 1.82) is 0 Å². The van der Waals surface area contributed by atoms with E-state index >= 15 is 0 Å². The Labute approximate surface area is 85.5 Å². The first-order chi connectivity index (χ1) is 6.09. The summed E-state index contributed by atoms with van der Waals surface area (Å²) < 4.78 is 13.8. The molecule has 13 heavy (non-hydrogen) atoms. The molecule has 0 saturated carbocycles. The van der Waals surface area contributed by atoms with E-state index in [0.29, 0.717) is 12.0 Å². The highest BCUT2D eigenvalue weighted by atomic mass is 79.9. The van der Waals surface area contributed by atoms with Crippen molar-refractivity contribution in [3.8, 4) is 0 Å². The molecule has 1 heterocycles. The van der Waals surface area contributed by atoms with Crippen LogP contribution in [-0.2, 0) is 6.42 Å². The van der Waals surface area contributed by atoms with Gasteiger partial charge in [-0.2, -0.15) is 4.39 Å².